The SMILES string of the molecule is CC(=O)S[C@@H]1CCN([C@@H](C(=O)C2CC2)c2ccccc2F)C/C1=C/c1ccn(CCC(=O)O)n1. The summed E-state index contributed by atoms with van der Waals surface area (Å²) >= 11 is 1.26. The van der Waals surface area contributed by atoms with E-state index >= 15 is 0 Å². The van der Waals surface area contributed by atoms with Crippen LogP contribution in [0.15, 0.2) is 42.1 Å². The van der Waals surface area contributed by atoms with Crippen molar-refractivity contribution in [3.8, 4) is 0 Å². The molecule has 2 fully saturated rings. The minimum absolute atomic E-state index is 0.0102. The summed E-state index contributed by atoms with van der Waals surface area (Å²) in [6.07, 6.45) is 5.94. The molecule has 0 amide bonds. The summed E-state index contributed by atoms with van der Waals surface area (Å²) in [6, 6.07) is 7.59. The van der Waals surface area contributed by atoms with E-state index in [4.69, 9.17) is 5.11 Å². The molecule has 1 saturated heterocycles. The van der Waals surface area contributed by atoms with Gasteiger partial charge in [-0.05, 0) is 43.0 Å². The average Bonchev–Trinajstić information content (AvgIpc) is 3.55. The fraction of sp³-hybridized carbons (Fsp3) is 0.440. The molecule has 7 nitrogen and oxygen atoms in total. The van der Waals surface area contributed by atoms with Gasteiger partial charge in [-0.15, -0.1) is 0 Å². The number of thioether (sulfide) groups is 1. The predicted octanol–water partition coefficient (Wildman–Crippen LogP) is 3.95. The molecule has 0 spiro atoms. The first-order chi connectivity index (χ1) is 16.3. The number of hydrogen-bond donors (Lipinski definition) is 1. The number of aliphatic carboxylic acids is 1. The van der Waals surface area contributed by atoms with E-state index in [2.05, 4.69) is 5.10 Å². The largest absolute Gasteiger partial charge is 0.481 e. The van der Waals surface area contributed by atoms with Crippen LogP contribution in [0.2, 0.25) is 0 Å². The Hall–Kier alpha value is -2.78. The number of Topliss-reactive ketones (excluding diaryl/α,β-unsaturated/α-hetero) is 1. The summed E-state index contributed by atoms with van der Waals surface area (Å²) in [5.41, 5.74) is 2.00. The number of carboxylic acid groups (broad SMARTS) is 1. The van der Waals surface area contributed by atoms with Crippen LogP contribution in [0.4, 0.5) is 4.39 Å². The number of piperidine rings is 1. The summed E-state index contributed by atoms with van der Waals surface area (Å²) in [7, 11) is 0. The third-order valence-corrected chi connectivity index (χ3v) is 7.30. The Balaban J connectivity index is 1.62. The Bertz CT molecular complexity index is 1110. The number of carbonyl (C=O) groups is 3. The van der Waals surface area contributed by atoms with Gasteiger partial charge in [0.05, 0.1) is 24.7 Å². The molecule has 2 heterocycles. The van der Waals surface area contributed by atoms with Gasteiger partial charge in [0, 0.05) is 42.9 Å². The maximum absolute atomic E-state index is 14.8. The van der Waals surface area contributed by atoms with E-state index in [0.29, 0.717) is 30.8 Å². The lowest BCUT2D eigenvalue weighted by molar-refractivity contribution is -0.137. The number of carboxylic acids is 1. The average molecular weight is 486 g/mol. The number of aromatic nitrogens is 2. The van der Waals surface area contributed by atoms with E-state index in [9.17, 15) is 18.8 Å². The molecule has 0 unspecified atom stereocenters. The highest BCUT2D eigenvalue weighted by molar-refractivity contribution is 8.14. The molecule has 1 aromatic carbocycles. The molecule has 2 aromatic rings. The molecule has 1 saturated carbocycles. The van der Waals surface area contributed by atoms with Gasteiger partial charge in [0.15, 0.2) is 10.9 Å². The van der Waals surface area contributed by atoms with Crippen molar-refractivity contribution in [3.63, 3.8) is 0 Å². The molecule has 1 aliphatic heterocycles. The molecule has 1 N–H and O–H groups in total. The highest BCUT2D eigenvalue weighted by Crippen LogP contribution is 2.40. The van der Waals surface area contributed by atoms with Crippen LogP contribution in [0.1, 0.15) is 49.9 Å². The molecule has 0 bridgehead atoms. The summed E-state index contributed by atoms with van der Waals surface area (Å²) in [5, 5.41) is 13.3. The van der Waals surface area contributed by atoms with Gasteiger partial charge < -0.3 is 5.11 Å². The number of likely N-dealkylation sites (tertiary alicyclic amines) is 1. The lowest BCUT2D eigenvalue weighted by atomic mass is 9.93. The van der Waals surface area contributed by atoms with Gasteiger partial charge in [0.2, 0.25) is 0 Å². The van der Waals surface area contributed by atoms with Crippen molar-refractivity contribution in [2.24, 2.45) is 5.92 Å². The Labute approximate surface area is 202 Å². The van der Waals surface area contributed by atoms with Crippen molar-refractivity contribution in [1.82, 2.24) is 14.7 Å². The van der Waals surface area contributed by atoms with Gasteiger partial charge in [0.25, 0.3) is 0 Å². The topological polar surface area (TPSA) is 92.5 Å². The number of carbonyl (C=O) groups excluding carboxylic acids is 2. The molecule has 2 atom stereocenters. The van der Waals surface area contributed by atoms with Crippen molar-refractivity contribution in [1.29, 1.82) is 0 Å². The van der Waals surface area contributed by atoms with E-state index in [0.717, 1.165) is 18.4 Å². The van der Waals surface area contributed by atoms with Crippen LogP contribution in [0.25, 0.3) is 6.08 Å². The van der Waals surface area contributed by atoms with Crippen LogP contribution in [-0.2, 0) is 20.9 Å². The molecular weight excluding hydrogens is 457 g/mol. The first-order valence-corrected chi connectivity index (χ1v) is 12.3. The number of nitrogens with zero attached hydrogens (tertiary/aromatic N) is 3. The number of hydrogen-bond acceptors (Lipinski definition) is 6. The first-order valence-electron chi connectivity index (χ1n) is 11.5. The predicted molar refractivity (Wildman–Crippen MR) is 128 cm³/mol. The minimum atomic E-state index is -0.893. The van der Waals surface area contributed by atoms with Gasteiger partial charge in [-0.2, -0.15) is 5.10 Å². The van der Waals surface area contributed by atoms with Crippen LogP contribution in [0.5, 0.6) is 0 Å². The van der Waals surface area contributed by atoms with E-state index in [-0.39, 0.29) is 40.8 Å². The number of halogens is 1. The molecule has 2 aliphatic rings. The van der Waals surface area contributed by atoms with Gasteiger partial charge in [-0.3, -0.25) is 24.0 Å². The molecule has 1 aliphatic carbocycles. The first kappa shape index (κ1) is 24.3. The van der Waals surface area contributed by atoms with E-state index in [1.807, 2.05) is 11.0 Å². The van der Waals surface area contributed by atoms with Crippen LogP contribution in [0.3, 0.4) is 0 Å². The smallest absolute Gasteiger partial charge is 0.305 e. The van der Waals surface area contributed by atoms with Crippen LogP contribution >= 0.6 is 11.8 Å². The molecule has 9 heteroatoms. The summed E-state index contributed by atoms with van der Waals surface area (Å²) in [4.78, 5) is 38.0. The number of ketones is 1. The summed E-state index contributed by atoms with van der Waals surface area (Å²) in [6.45, 7) is 2.80. The zero-order valence-electron chi connectivity index (χ0n) is 19.0. The molecule has 4 rings (SSSR count). The fourth-order valence-electron chi connectivity index (χ4n) is 4.37. The second-order valence-electron chi connectivity index (χ2n) is 8.82. The van der Waals surface area contributed by atoms with Gasteiger partial charge >= 0.3 is 5.97 Å². The Morgan fingerprint density at radius 1 is 1.24 bits per heavy atom. The quantitative estimate of drug-likeness (QED) is 0.575. The molecule has 180 valence electrons. The summed E-state index contributed by atoms with van der Waals surface area (Å²) < 4.78 is 16.3. The lowest BCUT2D eigenvalue weighted by Gasteiger charge is -2.38. The fourth-order valence-corrected chi connectivity index (χ4v) is 5.29. The second kappa shape index (κ2) is 10.7. The van der Waals surface area contributed by atoms with E-state index < -0.39 is 12.0 Å². The molecule has 0 radical (unpaired) electrons. The highest BCUT2D eigenvalue weighted by atomic mass is 32.2. The number of aryl methyl sites for hydroxylation is 1. The van der Waals surface area contributed by atoms with Gasteiger partial charge in [0.1, 0.15) is 5.82 Å². The van der Waals surface area contributed by atoms with Crippen molar-refractivity contribution in [3.05, 3.63) is 59.2 Å². The van der Waals surface area contributed by atoms with E-state index in [1.54, 1.807) is 35.1 Å². The van der Waals surface area contributed by atoms with Gasteiger partial charge in [-0.25, -0.2) is 4.39 Å². The third-order valence-electron chi connectivity index (χ3n) is 6.15. The van der Waals surface area contributed by atoms with E-state index in [1.165, 1.54) is 24.8 Å². The van der Waals surface area contributed by atoms with Crippen LogP contribution in [0, 0.1) is 11.7 Å². The van der Waals surface area contributed by atoms with Crippen molar-refractivity contribution in [2.45, 2.75) is 50.4 Å². The normalized spacial score (nSPS) is 20.9. The highest BCUT2D eigenvalue weighted by Gasteiger charge is 2.41. The molecule has 34 heavy (non-hydrogen) atoms. The van der Waals surface area contributed by atoms with Crippen LogP contribution < -0.4 is 0 Å². The van der Waals surface area contributed by atoms with Gasteiger partial charge in [-0.1, -0.05) is 30.0 Å². The number of rotatable bonds is 9. The Morgan fingerprint density at radius 2 is 2.00 bits per heavy atom. The zero-order chi connectivity index (χ0) is 24.2. The molecular formula is C25H28FN3O4S. The second-order valence-corrected chi connectivity index (χ2v) is 10.2. The van der Waals surface area contributed by atoms with Crippen molar-refractivity contribution in [2.75, 3.05) is 13.1 Å². The maximum atomic E-state index is 14.8. The lowest BCUT2D eigenvalue weighted by Crippen LogP contribution is -2.43. The number of benzene rings is 1. The Kier molecular flexibility index (Phi) is 7.63. The maximum Gasteiger partial charge on any atom is 0.305 e. The molecule has 1 aromatic heterocycles. The monoisotopic (exact) mass is 485 g/mol. The minimum Gasteiger partial charge on any atom is -0.481 e. The third kappa shape index (κ3) is 6.01. The summed E-state index contributed by atoms with van der Waals surface area (Å²) in [5.74, 6) is -1.24. The van der Waals surface area contributed by atoms with Crippen LogP contribution in [-0.4, -0.2) is 55.0 Å². The standard InChI is InChI=1S/C25H28FN3O4S/c1-16(30)34-22-9-11-28(15-18(22)14-19-8-12-29(27-19)13-10-23(31)32)24(25(33)17-6-7-17)20-4-2-3-5-21(20)26/h2-5,8,12,14,17,22,24H,6-7,9-11,13,15H2,1H3,(H,31,32)/b18-14-/t22-,24-/m1/s1. The van der Waals surface area contributed by atoms with Crippen molar-refractivity contribution >= 4 is 34.7 Å². The Morgan fingerprint density at radius 3 is 2.68 bits per heavy atom. The zero-order valence-corrected chi connectivity index (χ0v) is 19.8. The van der Waals surface area contributed by atoms with Crippen molar-refractivity contribution < 1.29 is 23.9 Å².